The Hall–Kier alpha value is -1.49. The van der Waals surface area contributed by atoms with E-state index in [2.05, 4.69) is 13.8 Å². The minimum atomic E-state index is -1.04. The molecule has 0 heterocycles. The fraction of sp³-hybridized carbons (Fsp3) is 0.783. The van der Waals surface area contributed by atoms with Gasteiger partial charge < -0.3 is 9.84 Å². The lowest BCUT2D eigenvalue weighted by Crippen LogP contribution is -2.59. The highest BCUT2D eigenvalue weighted by molar-refractivity contribution is 5.92. The molecule has 3 saturated carbocycles. The largest absolute Gasteiger partial charge is 0.451 e. The van der Waals surface area contributed by atoms with Crippen LogP contribution in [0.3, 0.4) is 0 Å². The summed E-state index contributed by atoms with van der Waals surface area (Å²) in [5.41, 5.74) is -0.670. The number of Topliss-reactive ketones (excluding diaryl/α,β-unsaturated/α-hetero) is 1. The molecule has 5 heteroatoms. The van der Waals surface area contributed by atoms with Gasteiger partial charge in [0, 0.05) is 18.8 Å². The molecule has 28 heavy (non-hydrogen) atoms. The van der Waals surface area contributed by atoms with Gasteiger partial charge in [0.2, 0.25) is 0 Å². The average Bonchev–Trinajstić information content (AvgIpc) is 2.90. The monoisotopic (exact) mass is 388 g/mol. The van der Waals surface area contributed by atoms with Gasteiger partial charge in [-0.15, -0.1) is 0 Å². The predicted octanol–water partition coefficient (Wildman–Crippen LogP) is 3.38. The first kappa shape index (κ1) is 19.8. The Kier molecular flexibility index (Phi) is 4.42. The number of carbonyl (C=O) groups excluding carboxylic acids is 3. The molecule has 7 atom stereocenters. The summed E-state index contributed by atoms with van der Waals surface area (Å²) in [4.78, 5) is 36.6. The number of fused-ring (bicyclic) bond motifs is 5. The topological polar surface area (TPSA) is 80.7 Å². The van der Waals surface area contributed by atoms with Gasteiger partial charge in [0.25, 0.3) is 0 Å². The van der Waals surface area contributed by atoms with Crippen LogP contribution in [-0.4, -0.2) is 34.3 Å². The van der Waals surface area contributed by atoms with Gasteiger partial charge in [-0.05, 0) is 80.3 Å². The van der Waals surface area contributed by atoms with Crippen LogP contribution in [-0.2, 0) is 19.1 Å². The van der Waals surface area contributed by atoms with Crippen molar-refractivity contribution in [1.82, 2.24) is 0 Å². The number of hydrogen-bond acceptors (Lipinski definition) is 5. The molecule has 154 valence electrons. The molecule has 0 aromatic rings. The van der Waals surface area contributed by atoms with E-state index >= 15 is 0 Å². The summed E-state index contributed by atoms with van der Waals surface area (Å²) < 4.78 is 5.78. The molecule has 0 spiro atoms. The normalized spacial score (nSPS) is 47.5. The van der Waals surface area contributed by atoms with Crippen molar-refractivity contribution in [2.75, 3.05) is 0 Å². The number of hydrogen-bond donors (Lipinski definition) is 1. The van der Waals surface area contributed by atoms with E-state index in [1.54, 1.807) is 13.0 Å². The molecule has 0 amide bonds. The average molecular weight is 389 g/mol. The first-order valence-corrected chi connectivity index (χ1v) is 10.7. The SMILES string of the molecule is CC(=O)O[C@]1(C(C)=O)CC[C@H]2[C@@H]3CC(O)C4=CC(=O)CC[C@]4(C)[C@H]3CC[C@@]21C. The lowest BCUT2D eigenvalue weighted by molar-refractivity contribution is -0.188. The van der Waals surface area contributed by atoms with Crippen molar-refractivity contribution in [2.45, 2.75) is 84.3 Å². The van der Waals surface area contributed by atoms with Crippen LogP contribution < -0.4 is 0 Å². The third-order valence-electron chi connectivity index (χ3n) is 8.98. The predicted molar refractivity (Wildman–Crippen MR) is 103 cm³/mol. The summed E-state index contributed by atoms with van der Waals surface area (Å²) in [5, 5.41) is 10.9. The number of carbonyl (C=O) groups is 3. The molecule has 0 aromatic heterocycles. The van der Waals surface area contributed by atoms with Gasteiger partial charge in [0.15, 0.2) is 17.2 Å². The van der Waals surface area contributed by atoms with Gasteiger partial charge >= 0.3 is 5.97 Å². The fourth-order valence-electron chi connectivity index (χ4n) is 7.67. The smallest absolute Gasteiger partial charge is 0.303 e. The van der Waals surface area contributed by atoms with E-state index in [0.717, 1.165) is 31.3 Å². The molecular formula is C23H32O5. The van der Waals surface area contributed by atoms with Crippen molar-refractivity contribution in [2.24, 2.45) is 28.6 Å². The zero-order chi connectivity index (χ0) is 20.5. The van der Waals surface area contributed by atoms with E-state index in [0.29, 0.717) is 25.2 Å². The molecule has 1 unspecified atom stereocenters. The van der Waals surface area contributed by atoms with E-state index in [1.165, 1.54) is 6.92 Å². The van der Waals surface area contributed by atoms with E-state index in [9.17, 15) is 19.5 Å². The highest BCUT2D eigenvalue weighted by Crippen LogP contribution is 2.68. The summed E-state index contributed by atoms with van der Waals surface area (Å²) >= 11 is 0. The zero-order valence-corrected chi connectivity index (χ0v) is 17.4. The van der Waals surface area contributed by atoms with Crippen molar-refractivity contribution >= 4 is 17.5 Å². The van der Waals surface area contributed by atoms with Gasteiger partial charge in [-0.2, -0.15) is 0 Å². The maximum Gasteiger partial charge on any atom is 0.303 e. The molecule has 0 aromatic carbocycles. The zero-order valence-electron chi connectivity index (χ0n) is 17.4. The van der Waals surface area contributed by atoms with Gasteiger partial charge in [-0.25, -0.2) is 0 Å². The summed E-state index contributed by atoms with van der Waals surface area (Å²) in [6.07, 6.45) is 6.25. The van der Waals surface area contributed by atoms with Crippen LogP contribution in [0.1, 0.15) is 72.6 Å². The maximum absolute atomic E-state index is 12.7. The fourth-order valence-corrected chi connectivity index (χ4v) is 7.67. The van der Waals surface area contributed by atoms with Crippen molar-refractivity contribution in [3.63, 3.8) is 0 Å². The Morgan fingerprint density at radius 3 is 2.43 bits per heavy atom. The highest BCUT2D eigenvalue weighted by Gasteiger charge is 2.68. The molecule has 0 radical (unpaired) electrons. The van der Waals surface area contributed by atoms with Crippen LogP contribution in [0.2, 0.25) is 0 Å². The lowest BCUT2D eigenvalue weighted by atomic mass is 9.45. The van der Waals surface area contributed by atoms with Crippen LogP contribution in [0.15, 0.2) is 11.6 Å². The molecule has 0 bridgehead atoms. The standard InChI is InChI=1S/C23H32O5/c1-13(24)23(28-14(2)25)10-7-18-16-12-20(27)19-11-15(26)5-8-21(19,3)17(16)6-9-22(18,23)4/h11,16-18,20,27H,5-10,12H2,1-4H3/t16-,17+,18+,20?,21-,22+,23+/m1/s1. The molecule has 0 aliphatic heterocycles. The number of ketones is 2. The van der Waals surface area contributed by atoms with Gasteiger partial charge in [-0.3, -0.25) is 14.4 Å². The summed E-state index contributed by atoms with van der Waals surface area (Å²) in [7, 11) is 0. The summed E-state index contributed by atoms with van der Waals surface area (Å²) in [6, 6.07) is 0. The van der Waals surface area contributed by atoms with Crippen LogP contribution in [0.4, 0.5) is 0 Å². The van der Waals surface area contributed by atoms with Gasteiger partial charge in [-0.1, -0.05) is 13.8 Å². The molecular weight excluding hydrogens is 356 g/mol. The van der Waals surface area contributed by atoms with Crippen molar-refractivity contribution in [1.29, 1.82) is 0 Å². The molecule has 3 fully saturated rings. The van der Waals surface area contributed by atoms with Crippen LogP contribution in [0, 0.1) is 28.6 Å². The third-order valence-corrected chi connectivity index (χ3v) is 8.98. The Balaban J connectivity index is 1.73. The van der Waals surface area contributed by atoms with Crippen molar-refractivity contribution in [3.8, 4) is 0 Å². The minimum Gasteiger partial charge on any atom is -0.451 e. The number of ether oxygens (including phenoxy) is 1. The highest BCUT2D eigenvalue weighted by atomic mass is 16.6. The summed E-state index contributed by atoms with van der Waals surface area (Å²) in [6.45, 7) is 7.27. The Morgan fingerprint density at radius 2 is 1.79 bits per heavy atom. The Bertz CT molecular complexity index is 769. The van der Waals surface area contributed by atoms with E-state index in [4.69, 9.17) is 4.74 Å². The number of esters is 1. The van der Waals surface area contributed by atoms with Crippen LogP contribution in [0.25, 0.3) is 0 Å². The minimum absolute atomic E-state index is 0.0578. The van der Waals surface area contributed by atoms with E-state index in [1.807, 2.05) is 0 Å². The number of aliphatic hydroxyl groups is 1. The molecule has 5 nitrogen and oxygen atoms in total. The van der Waals surface area contributed by atoms with Crippen molar-refractivity contribution < 1.29 is 24.2 Å². The van der Waals surface area contributed by atoms with Crippen LogP contribution in [0.5, 0.6) is 0 Å². The van der Waals surface area contributed by atoms with E-state index in [-0.39, 0.29) is 28.8 Å². The molecule has 4 aliphatic carbocycles. The second-order valence-corrected chi connectivity index (χ2v) is 10.1. The molecule has 4 aliphatic rings. The van der Waals surface area contributed by atoms with Gasteiger partial charge in [0.1, 0.15) is 0 Å². The first-order chi connectivity index (χ1) is 13.0. The van der Waals surface area contributed by atoms with Gasteiger partial charge in [0.05, 0.1) is 6.10 Å². The Labute approximate surface area is 166 Å². The van der Waals surface area contributed by atoms with E-state index < -0.39 is 23.1 Å². The number of aliphatic hydroxyl groups excluding tert-OH is 1. The third kappa shape index (κ3) is 2.44. The second-order valence-electron chi connectivity index (χ2n) is 10.1. The first-order valence-electron chi connectivity index (χ1n) is 10.7. The molecule has 1 N–H and O–H groups in total. The lowest BCUT2D eigenvalue weighted by Gasteiger charge is -2.60. The quantitative estimate of drug-likeness (QED) is 0.734. The maximum atomic E-state index is 12.7. The second kappa shape index (κ2) is 6.25. The number of rotatable bonds is 2. The molecule has 4 rings (SSSR count). The van der Waals surface area contributed by atoms with Crippen LogP contribution >= 0.6 is 0 Å². The molecule has 0 saturated heterocycles. The Morgan fingerprint density at radius 1 is 1.11 bits per heavy atom. The summed E-state index contributed by atoms with van der Waals surface area (Å²) in [5.74, 6) is 0.579. The van der Waals surface area contributed by atoms with Crippen molar-refractivity contribution in [3.05, 3.63) is 11.6 Å².